The zero-order valence-electron chi connectivity index (χ0n) is 25.7. The minimum absolute atomic E-state index is 0.0941. The van der Waals surface area contributed by atoms with Crippen molar-refractivity contribution in [2.24, 2.45) is 0 Å². The number of hydrogen-bond acceptors (Lipinski definition) is 5. The number of carboxylic acid groups (broad SMARTS) is 1. The zero-order valence-corrected chi connectivity index (χ0v) is 26.5. The van der Waals surface area contributed by atoms with Gasteiger partial charge < -0.3 is 14.8 Å². The predicted molar refractivity (Wildman–Crippen MR) is 175 cm³/mol. The molecule has 1 atom stereocenters. The lowest BCUT2D eigenvalue weighted by Gasteiger charge is -2.34. The van der Waals surface area contributed by atoms with E-state index in [0.29, 0.717) is 29.9 Å². The molecule has 1 aromatic heterocycles. The van der Waals surface area contributed by atoms with E-state index in [1.807, 2.05) is 54.6 Å². The van der Waals surface area contributed by atoms with Gasteiger partial charge in [-0.1, -0.05) is 103 Å². The van der Waals surface area contributed by atoms with Gasteiger partial charge in [0, 0.05) is 12.7 Å². The van der Waals surface area contributed by atoms with Gasteiger partial charge in [-0.3, -0.25) is 0 Å². The fourth-order valence-electron chi connectivity index (χ4n) is 5.79. The number of rotatable bonds is 14. The number of nitrogens with zero attached hydrogens (tertiary/aromatic N) is 1. The summed E-state index contributed by atoms with van der Waals surface area (Å²) in [5.74, 6) is 0.0414. The molecule has 5 rings (SSSR count). The lowest BCUT2D eigenvalue weighted by Crippen LogP contribution is -2.34. The van der Waals surface area contributed by atoms with Gasteiger partial charge in [-0.25, -0.2) is 22.9 Å². The van der Waals surface area contributed by atoms with Crippen molar-refractivity contribution >= 4 is 16.2 Å². The molecule has 0 spiro atoms. The summed E-state index contributed by atoms with van der Waals surface area (Å²) >= 11 is 0. The van der Waals surface area contributed by atoms with Crippen LogP contribution in [0.15, 0.2) is 121 Å². The van der Waals surface area contributed by atoms with Gasteiger partial charge in [0.2, 0.25) is 10.0 Å². The fraction of sp³-hybridized carbons (Fsp3) is 0.222. The number of H-pyrrole nitrogens is 1. The smallest absolute Gasteiger partial charge is 0.450 e. The van der Waals surface area contributed by atoms with Gasteiger partial charge in [0.15, 0.2) is 0 Å². The van der Waals surface area contributed by atoms with Crippen LogP contribution in [0.25, 0.3) is 0 Å². The normalized spacial score (nSPS) is 12.8. The maximum absolute atomic E-state index is 12.8. The van der Waals surface area contributed by atoms with Gasteiger partial charge in [-0.15, -0.1) is 0 Å². The van der Waals surface area contributed by atoms with Crippen LogP contribution in [0.1, 0.15) is 52.2 Å². The van der Waals surface area contributed by atoms with Crippen molar-refractivity contribution in [1.29, 1.82) is 0 Å². The van der Waals surface area contributed by atoms with Gasteiger partial charge in [0.25, 0.3) is 0 Å². The van der Waals surface area contributed by atoms with E-state index >= 15 is 0 Å². The Labute approximate surface area is 276 Å². The zero-order chi connectivity index (χ0) is 34.2. The molecule has 8 nitrogen and oxygen atoms in total. The highest BCUT2D eigenvalue weighted by Gasteiger charge is 2.41. The number of aromatic amines is 1. The van der Waals surface area contributed by atoms with Crippen molar-refractivity contribution in [2.45, 2.75) is 43.5 Å². The molecule has 48 heavy (non-hydrogen) atoms. The van der Waals surface area contributed by atoms with Crippen LogP contribution in [0.4, 0.5) is 18.0 Å². The number of imidazole rings is 1. The Morgan fingerprint density at radius 1 is 0.812 bits per heavy atom. The van der Waals surface area contributed by atoms with Gasteiger partial charge in [0.05, 0.1) is 11.3 Å². The highest BCUT2D eigenvalue weighted by atomic mass is 32.2. The van der Waals surface area contributed by atoms with E-state index in [9.17, 15) is 31.5 Å². The molecule has 0 radical (unpaired) electrons. The third-order valence-corrected chi connectivity index (χ3v) is 9.41. The van der Waals surface area contributed by atoms with Crippen LogP contribution in [-0.2, 0) is 39.3 Å². The van der Waals surface area contributed by atoms with Gasteiger partial charge in [-0.05, 0) is 53.6 Å². The number of halogens is 3. The molecular formula is C36H34F3N3O5S. The molecule has 0 aliphatic carbocycles. The molecule has 1 heterocycles. The van der Waals surface area contributed by atoms with Crippen LogP contribution in [0, 0.1) is 0 Å². The van der Waals surface area contributed by atoms with E-state index in [2.05, 4.69) is 46.1 Å². The number of aryl methyl sites for hydroxylation is 1. The lowest BCUT2D eigenvalue weighted by atomic mass is 9.69. The minimum Gasteiger partial charge on any atom is -0.450 e. The Morgan fingerprint density at radius 2 is 1.33 bits per heavy atom. The van der Waals surface area contributed by atoms with E-state index in [1.54, 1.807) is 6.20 Å². The second-order valence-corrected chi connectivity index (χ2v) is 13.1. The number of sulfonamides is 1. The van der Waals surface area contributed by atoms with Crippen LogP contribution in [0.5, 0.6) is 0 Å². The number of hydrogen-bond donors (Lipinski definition) is 3. The number of alkyl halides is 3. The SMILES string of the molecule is O=C(O)OC(CCCc1c[nH]c(C(c2ccccc2)(c2ccccc2)c2ccccc2)n1)CS(=O)(=O)NCc1ccc(C(F)(F)F)cc1. The highest BCUT2D eigenvalue weighted by Crippen LogP contribution is 2.43. The van der Waals surface area contributed by atoms with Gasteiger partial charge in [-0.2, -0.15) is 13.2 Å². The van der Waals surface area contributed by atoms with Crippen LogP contribution in [0.2, 0.25) is 0 Å². The Hall–Kier alpha value is -4.94. The summed E-state index contributed by atoms with van der Waals surface area (Å²) in [5.41, 5.74) is 2.42. The molecule has 4 aromatic carbocycles. The molecule has 0 saturated carbocycles. The maximum Gasteiger partial charge on any atom is 0.506 e. The third-order valence-electron chi connectivity index (χ3n) is 8.02. The Bertz CT molecular complexity index is 1790. The first-order valence-electron chi connectivity index (χ1n) is 15.2. The van der Waals surface area contributed by atoms with E-state index < -0.39 is 45.2 Å². The maximum atomic E-state index is 12.8. The molecule has 0 bridgehead atoms. The minimum atomic E-state index is -4.51. The van der Waals surface area contributed by atoms with Crippen LogP contribution < -0.4 is 4.72 Å². The van der Waals surface area contributed by atoms with E-state index in [4.69, 9.17) is 9.72 Å². The van der Waals surface area contributed by atoms with Crippen LogP contribution >= 0.6 is 0 Å². The fourth-order valence-corrected chi connectivity index (χ4v) is 7.02. The number of nitrogens with one attached hydrogen (secondary N) is 2. The highest BCUT2D eigenvalue weighted by molar-refractivity contribution is 7.89. The standard InChI is InChI=1S/C36H34F3N3O5S/c37-36(38,39)30-21-19-26(20-22-30)23-41-48(45,46)25-32(47-34(43)44)18-10-17-31-24-40-33(42-31)35(27-11-4-1-5-12-27,28-13-6-2-7-14-28)29-15-8-3-9-16-29/h1-9,11-16,19-22,24,32,41H,10,17-18,23,25H2,(H,40,42)(H,43,44). The van der Waals surface area contributed by atoms with Crippen molar-refractivity contribution in [2.75, 3.05) is 5.75 Å². The van der Waals surface area contributed by atoms with E-state index in [-0.39, 0.29) is 13.0 Å². The van der Waals surface area contributed by atoms with Gasteiger partial charge in [0.1, 0.15) is 23.1 Å². The van der Waals surface area contributed by atoms with Crippen LogP contribution in [0.3, 0.4) is 0 Å². The average molecular weight is 678 g/mol. The number of benzene rings is 4. The van der Waals surface area contributed by atoms with E-state index in [1.165, 1.54) is 12.1 Å². The monoisotopic (exact) mass is 677 g/mol. The lowest BCUT2D eigenvalue weighted by molar-refractivity contribution is -0.137. The molecular weight excluding hydrogens is 643 g/mol. The number of carbonyl (C=O) groups is 1. The Kier molecular flexibility index (Phi) is 10.7. The second-order valence-electron chi connectivity index (χ2n) is 11.3. The Morgan fingerprint density at radius 3 is 1.81 bits per heavy atom. The first-order valence-corrected chi connectivity index (χ1v) is 16.9. The molecule has 0 aliphatic heterocycles. The van der Waals surface area contributed by atoms with Gasteiger partial charge >= 0.3 is 12.3 Å². The average Bonchev–Trinajstić information content (AvgIpc) is 3.54. The summed E-state index contributed by atoms with van der Waals surface area (Å²) in [6.45, 7) is -0.262. The van der Waals surface area contributed by atoms with Crippen molar-refractivity contribution in [1.82, 2.24) is 14.7 Å². The number of ether oxygens (including phenoxy) is 1. The second kappa shape index (κ2) is 14.9. The molecule has 0 fully saturated rings. The van der Waals surface area contributed by atoms with Crippen molar-refractivity contribution in [3.05, 3.63) is 161 Å². The first kappa shape index (κ1) is 34.4. The summed E-state index contributed by atoms with van der Waals surface area (Å²) in [7, 11) is -4.05. The predicted octanol–water partition coefficient (Wildman–Crippen LogP) is 7.32. The Balaban J connectivity index is 1.31. The molecule has 3 N–H and O–H groups in total. The quantitative estimate of drug-likeness (QED) is 0.0837. The summed E-state index contributed by atoms with van der Waals surface area (Å²) in [6.07, 6.45) is -4.63. The van der Waals surface area contributed by atoms with Crippen molar-refractivity contribution in [3.63, 3.8) is 0 Å². The molecule has 5 aromatic rings. The van der Waals surface area contributed by atoms with Crippen molar-refractivity contribution < 1.29 is 36.2 Å². The first-order chi connectivity index (χ1) is 23.0. The third kappa shape index (κ3) is 8.31. The largest absolute Gasteiger partial charge is 0.506 e. The summed E-state index contributed by atoms with van der Waals surface area (Å²) < 4.78 is 71.3. The van der Waals surface area contributed by atoms with Crippen molar-refractivity contribution in [3.8, 4) is 0 Å². The van der Waals surface area contributed by atoms with E-state index in [0.717, 1.165) is 28.8 Å². The molecule has 0 amide bonds. The summed E-state index contributed by atoms with van der Waals surface area (Å²) in [6, 6.07) is 34.2. The summed E-state index contributed by atoms with van der Waals surface area (Å²) in [5, 5.41) is 9.27. The summed E-state index contributed by atoms with van der Waals surface area (Å²) in [4.78, 5) is 19.8. The molecule has 0 aliphatic rings. The molecule has 1 unspecified atom stereocenters. The number of aromatic nitrogens is 2. The molecule has 12 heteroatoms. The molecule has 0 saturated heterocycles. The van der Waals surface area contributed by atoms with Crippen LogP contribution in [-0.4, -0.2) is 41.5 Å². The topological polar surface area (TPSA) is 121 Å². The molecule has 250 valence electrons.